The molecule has 0 fully saturated rings. The molecule has 0 aromatic carbocycles. The van der Waals surface area contributed by atoms with Gasteiger partial charge in [-0.15, -0.1) is 0 Å². The van der Waals surface area contributed by atoms with Crippen LogP contribution in [0.25, 0.3) is 0 Å². The zero-order valence-electron chi connectivity index (χ0n) is 8.44. The van der Waals surface area contributed by atoms with Gasteiger partial charge in [0.1, 0.15) is 0 Å². The molecule has 0 rings (SSSR count). The van der Waals surface area contributed by atoms with Crippen LogP contribution in [0.2, 0.25) is 0 Å². The molecule has 1 N–H and O–H groups in total. The molecule has 0 aliphatic heterocycles. The molecule has 0 heterocycles. The van der Waals surface area contributed by atoms with Crippen LogP contribution in [-0.2, 0) is 0 Å². The SMILES string of the molecule is CC/C=C\C(NC)C(C)(C)C. The molecule has 1 atom stereocenters. The maximum absolute atomic E-state index is 3.29. The zero-order valence-corrected chi connectivity index (χ0v) is 8.44. The number of hydrogen-bond acceptors (Lipinski definition) is 1. The van der Waals surface area contributed by atoms with Crippen molar-refractivity contribution in [1.29, 1.82) is 0 Å². The second-order valence-corrected chi connectivity index (χ2v) is 3.97. The van der Waals surface area contributed by atoms with E-state index in [1.165, 1.54) is 0 Å². The highest BCUT2D eigenvalue weighted by Gasteiger charge is 2.19. The molecule has 0 aromatic rings. The van der Waals surface area contributed by atoms with Crippen LogP contribution < -0.4 is 5.32 Å². The Morgan fingerprint density at radius 1 is 1.36 bits per heavy atom. The first kappa shape index (κ1) is 10.7. The van der Waals surface area contributed by atoms with E-state index in [4.69, 9.17) is 0 Å². The Kier molecular flexibility index (Phi) is 4.43. The van der Waals surface area contributed by atoms with Crippen LogP contribution in [0.3, 0.4) is 0 Å². The first-order chi connectivity index (χ1) is 5.02. The molecule has 0 aliphatic carbocycles. The van der Waals surface area contributed by atoms with E-state index >= 15 is 0 Å². The average molecular weight is 155 g/mol. The summed E-state index contributed by atoms with van der Waals surface area (Å²) >= 11 is 0. The fourth-order valence-corrected chi connectivity index (χ4v) is 1.09. The van der Waals surface area contributed by atoms with Crippen molar-refractivity contribution in [2.24, 2.45) is 5.41 Å². The Morgan fingerprint density at radius 3 is 2.18 bits per heavy atom. The van der Waals surface area contributed by atoms with E-state index in [0.717, 1.165) is 6.42 Å². The second kappa shape index (κ2) is 4.55. The molecule has 0 aromatic heterocycles. The van der Waals surface area contributed by atoms with Gasteiger partial charge in [-0.2, -0.15) is 0 Å². The Morgan fingerprint density at radius 2 is 1.91 bits per heavy atom. The minimum absolute atomic E-state index is 0.320. The lowest BCUT2D eigenvalue weighted by Gasteiger charge is -2.27. The molecule has 1 heteroatoms. The molecule has 0 bridgehead atoms. The molecule has 0 saturated heterocycles. The molecule has 1 unspecified atom stereocenters. The van der Waals surface area contributed by atoms with Gasteiger partial charge < -0.3 is 5.32 Å². The van der Waals surface area contributed by atoms with Crippen molar-refractivity contribution in [2.45, 2.75) is 40.2 Å². The number of rotatable bonds is 3. The van der Waals surface area contributed by atoms with Crippen molar-refractivity contribution >= 4 is 0 Å². The third kappa shape index (κ3) is 4.20. The highest BCUT2D eigenvalue weighted by atomic mass is 14.9. The molecule has 0 spiro atoms. The monoisotopic (exact) mass is 155 g/mol. The van der Waals surface area contributed by atoms with Crippen LogP contribution in [0.15, 0.2) is 12.2 Å². The van der Waals surface area contributed by atoms with Gasteiger partial charge in [0.25, 0.3) is 0 Å². The topological polar surface area (TPSA) is 12.0 Å². The van der Waals surface area contributed by atoms with Crippen molar-refractivity contribution in [3.8, 4) is 0 Å². The summed E-state index contributed by atoms with van der Waals surface area (Å²) in [5.41, 5.74) is 0.320. The van der Waals surface area contributed by atoms with Gasteiger partial charge in [-0.05, 0) is 18.9 Å². The summed E-state index contributed by atoms with van der Waals surface area (Å²) in [5.74, 6) is 0. The summed E-state index contributed by atoms with van der Waals surface area (Å²) in [6, 6.07) is 0.488. The zero-order chi connectivity index (χ0) is 8.91. The van der Waals surface area contributed by atoms with E-state index in [0.29, 0.717) is 11.5 Å². The van der Waals surface area contributed by atoms with Gasteiger partial charge in [-0.1, -0.05) is 39.8 Å². The standard InChI is InChI=1S/C10H21N/c1-6-7-8-9(11-5)10(2,3)4/h7-9,11H,6H2,1-5H3/b8-7-. The summed E-state index contributed by atoms with van der Waals surface area (Å²) in [4.78, 5) is 0. The average Bonchev–Trinajstić information content (AvgIpc) is 1.87. The second-order valence-electron chi connectivity index (χ2n) is 3.97. The van der Waals surface area contributed by atoms with Crippen molar-refractivity contribution in [3.63, 3.8) is 0 Å². The van der Waals surface area contributed by atoms with Gasteiger partial charge in [0, 0.05) is 6.04 Å². The lowest BCUT2D eigenvalue weighted by molar-refractivity contribution is 0.328. The largest absolute Gasteiger partial charge is 0.313 e. The number of allylic oxidation sites excluding steroid dienone is 1. The number of hydrogen-bond donors (Lipinski definition) is 1. The number of likely N-dealkylation sites (N-methyl/N-ethyl adjacent to an activating group) is 1. The lowest BCUT2D eigenvalue weighted by atomic mass is 9.86. The van der Waals surface area contributed by atoms with E-state index < -0.39 is 0 Å². The summed E-state index contributed by atoms with van der Waals surface area (Å²) in [6.07, 6.45) is 5.58. The van der Waals surface area contributed by atoms with Crippen molar-refractivity contribution in [3.05, 3.63) is 12.2 Å². The van der Waals surface area contributed by atoms with Gasteiger partial charge in [-0.25, -0.2) is 0 Å². The molecule has 11 heavy (non-hydrogen) atoms. The van der Waals surface area contributed by atoms with Crippen LogP contribution in [0.5, 0.6) is 0 Å². The molecule has 0 saturated carbocycles. The predicted molar refractivity (Wildman–Crippen MR) is 51.7 cm³/mol. The van der Waals surface area contributed by atoms with Gasteiger partial charge in [0.2, 0.25) is 0 Å². The van der Waals surface area contributed by atoms with Crippen LogP contribution in [0.1, 0.15) is 34.1 Å². The fourth-order valence-electron chi connectivity index (χ4n) is 1.09. The van der Waals surface area contributed by atoms with Crippen molar-refractivity contribution < 1.29 is 0 Å². The molecule has 0 radical (unpaired) electrons. The maximum atomic E-state index is 3.29. The van der Waals surface area contributed by atoms with Gasteiger partial charge in [0.15, 0.2) is 0 Å². The predicted octanol–water partition coefficient (Wildman–Crippen LogP) is 2.59. The van der Waals surface area contributed by atoms with E-state index in [2.05, 4.69) is 45.2 Å². The smallest absolute Gasteiger partial charge is 0.0296 e. The quantitative estimate of drug-likeness (QED) is 0.618. The molecule has 66 valence electrons. The van der Waals surface area contributed by atoms with Crippen molar-refractivity contribution in [2.75, 3.05) is 7.05 Å². The third-order valence-corrected chi connectivity index (χ3v) is 1.81. The normalized spacial score (nSPS) is 15.7. The van der Waals surface area contributed by atoms with E-state index in [1.54, 1.807) is 0 Å². The summed E-state index contributed by atoms with van der Waals surface area (Å²) < 4.78 is 0. The third-order valence-electron chi connectivity index (χ3n) is 1.81. The summed E-state index contributed by atoms with van der Waals surface area (Å²) in [5, 5.41) is 3.29. The Bertz CT molecular complexity index is 119. The summed E-state index contributed by atoms with van der Waals surface area (Å²) in [6.45, 7) is 8.89. The van der Waals surface area contributed by atoms with Crippen LogP contribution >= 0.6 is 0 Å². The molecule has 1 nitrogen and oxygen atoms in total. The minimum Gasteiger partial charge on any atom is -0.313 e. The first-order valence-electron chi connectivity index (χ1n) is 4.36. The van der Waals surface area contributed by atoms with Gasteiger partial charge in [-0.3, -0.25) is 0 Å². The number of nitrogens with one attached hydrogen (secondary N) is 1. The molecular weight excluding hydrogens is 134 g/mol. The minimum atomic E-state index is 0.320. The highest BCUT2D eigenvalue weighted by molar-refractivity contribution is 4.98. The first-order valence-corrected chi connectivity index (χ1v) is 4.36. The molecular formula is C10H21N. The van der Waals surface area contributed by atoms with E-state index in [9.17, 15) is 0 Å². The molecule has 0 amide bonds. The van der Waals surface area contributed by atoms with E-state index in [-0.39, 0.29) is 0 Å². The van der Waals surface area contributed by atoms with Gasteiger partial charge >= 0.3 is 0 Å². The Hall–Kier alpha value is -0.300. The Balaban J connectivity index is 4.06. The fraction of sp³-hybridized carbons (Fsp3) is 0.800. The lowest BCUT2D eigenvalue weighted by Crippen LogP contribution is -2.36. The maximum Gasteiger partial charge on any atom is 0.0296 e. The van der Waals surface area contributed by atoms with Crippen molar-refractivity contribution in [1.82, 2.24) is 5.32 Å². The van der Waals surface area contributed by atoms with Crippen LogP contribution in [0.4, 0.5) is 0 Å². The van der Waals surface area contributed by atoms with Gasteiger partial charge in [0.05, 0.1) is 0 Å². The van der Waals surface area contributed by atoms with Crippen LogP contribution in [0, 0.1) is 5.41 Å². The van der Waals surface area contributed by atoms with E-state index in [1.807, 2.05) is 7.05 Å². The molecule has 0 aliphatic rings. The Labute approximate surface area is 70.9 Å². The van der Waals surface area contributed by atoms with Crippen LogP contribution in [-0.4, -0.2) is 13.1 Å². The highest BCUT2D eigenvalue weighted by Crippen LogP contribution is 2.19. The summed E-state index contributed by atoms with van der Waals surface area (Å²) in [7, 11) is 2.01.